The highest BCUT2D eigenvalue weighted by molar-refractivity contribution is 6.04. The molecule has 3 N–H and O–H groups in total. The molecule has 3 heterocycles. The van der Waals surface area contributed by atoms with Gasteiger partial charge in [0.1, 0.15) is 24.3 Å². The van der Waals surface area contributed by atoms with Crippen LogP contribution in [0, 0.1) is 11.3 Å². The van der Waals surface area contributed by atoms with Gasteiger partial charge in [-0.3, -0.25) is 9.59 Å². The summed E-state index contributed by atoms with van der Waals surface area (Å²) in [6.45, 7) is 0.954. The highest BCUT2D eigenvalue weighted by atomic mass is 19.4. The maximum Gasteiger partial charge on any atom is 0.416 e. The van der Waals surface area contributed by atoms with Crippen molar-refractivity contribution >= 4 is 34.4 Å². The van der Waals surface area contributed by atoms with Gasteiger partial charge in [-0.25, -0.2) is 14.6 Å². The third-order valence-corrected chi connectivity index (χ3v) is 6.73. The van der Waals surface area contributed by atoms with E-state index in [-0.39, 0.29) is 29.8 Å². The van der Waals surface area contributed by atoms with Crippen LogP contribution in [0.4, 0.5) is 24.7 Å². The van der Waals surface area contributed by atoms with E-state index in [4.69, 9.17) is 16.1 Å². The highest BCUT2D eigenvalue weighted by Gasteiger charge is 2.30. The van der Waals surface area contributed by atoms with Crippen molar-refractivity contribution in [2.45, 2.75) is 31.5 Å². The minimum absolute atomic E-state index is 0.0847. The lowest BCUT2D eigenvalue weighted by Crippen LogP contribution is -2.40. The first-order valence-corrected chi connectivity index (χ1v) is 12.4. The van der Waals surface area contributed by atoms with Crippen molar-refractivity contribution < 1.29 is 22.8 Å². The first-order chi connectivity index (χ1) is 19.2. The summed E-state index contributed by atoms with van der Waals surface area (Å²) < 4.78 is 40.2. The van der Waals surface area contributed by atoms with Crippen LogP contribution < -0.4 is 11.1 Å². The molecular formula is C27H23F3N8O2. The van der Waals surface area contributed by atoms with Crippen molar-refractivity contribution in [1.29, 1.82) is 5.26 Å². The molecule has 13 heteroatoms. The number of nitriles is 1. The number of amides is 2. The molecule has 0 radical (unpaired) electrons. The molecule has 5 rings (SSSR count). The maximum absolute atomic E-state index is 12.8. The Morgan fingerprint density at radius 2 is 1.82 bits per heavy atom. The van der Waals surface area contributed by atoms with E-state index < -0.39 is 17.6 Å². The number of nitrogens with zero attached hydrogens (tertiary/aromatic N) is 6. The average molecular weight is 549 g/mol. The molecule has 0 bridgehead atoms. The van der Waals surface area contributed by atoms with Crippen molar-refractivity contribution in [3.05, 3.63) is 66.0 Å². The molecule has 204 valence electrons. The quantitative estimate of drug-likeness (QED) is 0.376. The summed E-state index contributed by atoms with van der Waals surface area (Å²) in [5.41, 5.74) is 7.61. The van der Waals surface area contributed by atoms with E-state index in [1.165, 1.54) is 6.33 Å². The van der Waals surface area contributed by atoms with Crippen LogP contribution in [0.2, 0.25) is 0 Å². The van der Waals surface area contributed by atoms with Crippen LogP contribution in [-0.2, 0) is 11.0 Å². The van der Waals surface area contributed by atoms with Crippen molar-refractivity contribution in [2.24, 2.45) is 0 Å². The zero-order valence-corrected chi connectivity index (χ0v) is 21.0. The zero-order chi connectivity index (χ0) is 28.4. The second-order valence-corrected chi connectivity index (χ2v) is 9.33. The van der Waals surface area contributed by atoms with E-state index in [9.17, 15) is 22.8 Å². The fourth-order valence-electron chi connectivity index (χ4n) is 4.74. The molecule has 1 saturated heterocycles. The summed E-state index contributed by atoms with van der Waals surface area (Å²) in [7, 11) is 0. The average Bonchev–Trinajstić information content (AvgIpc) is 3.34. The molecule has 1 fully saturated rings. The van der Waals surface area contributed by atoms with Crippen molar-refractivity contribution in [2.75, 3.05) is 24.1 Å². The number of nitrogen functional groups attached to an aromatic ring is 1. The molecule has 2 amide bonds. The first kappa shape index (κ1) is 26.6. The second kappa shape index (κ2) is 10.6. The molecule has 0 aliphatic carbocycles. The maximum atomic E-state index is 12.8. The Hall–Kier alpha value is -4.99. The molecule has 4 aromatic rings. The molecule has 0 unspecified atom stereocenters. The van der Waals surface area contributed by atoms with E-state index in [0.717, 1.165) is 37.1 Å². The number of nitrogens with two attached hydrogens (primary N) is 1. The zero-order valence-electron chi connectivity index (χ0n) is 21.0. The van der Waals surface area contributed by atoms with Gasteiger partial charge in [0, 0.05) is 29.9 Å². The lowest BCUT2D eigenvalue weighted by atomic mass is 10.1. The molecule has 2 aromatic heterocycles. The monoisotopic (exact) mass is 548 g/mol. The Kier molecular flexibility index (Phi) is 7.08. The Balaban J connectivity index is 1.39. The van der Waals surface area contributed by atoms with E-state index in [0.29, 0.717) is 41.1 Å². The van der Waals surface area contributed by atoms with Crippen LogP contribution in [0.1, 0.15) is 41.2 Å². The van der Waals surface area contributed by atoms with E-state index in [2.05, 4.69) is 15.3 Å². The van der Waals surface area contributed by atoms with Crippen LogP contribution >= 0.6 is 0 Å². The summed E-state index contributed by atoms with van der Waals surface area (Å²) in [4.78, 5) is 35.1. The number of anilines is 2. The van der Waals surface area contributed by atoms with Gasteiger partial charge < -0.3 is 16.0 Å². The predicted molar refractivity (Wildman–Crippen MR) is 140 cm³/mol. The van der Waals surface area contributed by atoms with Crippen molar-refractivity contribution in [1.82, 2.24) is 24.6 Å². The number of carbonyl (C=O) groups excluding carboxylic acids is 2. The number of likely N-dealkylation sites (tertiary alicyclic amines) is 1. The number of hydrogen-bond donors (Lipinski definition) is 2. The SMILES string of the molecule is N#CCC(=O)N1CCC[C@@H](n2nc(-c3ccc(NC(=O)c4ccc(C(F)(F)F)cc4)cc3)c3c(N)ncnc32)C1. The van der Waals surface area contributed by atoms with E-state index in [1.54, 1.807) is 33.8 Å². The normalized spacial score (nSPS) is 15.6. The largest absolute Gasteiger partial charge is 0.416 e. The van der Waals surface area contributed by atoms with Gasteiger partial charge in [0.2, 0.25) is 5.91 Å². The number of nitrogens with one attached hydrogen (secondary N) is 1. The Labute approximate surface area is 226 Å². The fourth-order valence-corrected chi connectivity index (χ4v) is 4.74. The lowest BCUT2D eigenvalue weighted by molar-refractivity contribution is -0.137. The first-order valence-electron chi connectivity index (χ1n) is 12.4. The van der Waals surface area contributed by atoms with Gasteiger partial charge in [-0.1, -0.05) is 12.1 Å². The number of piperidine rings is 1. The van der Waals surface area contributed by atoms with Crippen LogP contribution in [-0.4, -0.2) is 49.6 Å². The van der Waals surface area contributed by atoms with Gasteiger partial charge in [0.25, 0.3) is 5.91 Å². The predicted octanol–water partition coefficient (Wildman–Crippen LogP) is 4.42. The lowest BCUT2D eigenvalue weighted by Gasteiger charge is -2.32. The van der Waals surface area contributed by atoms with Crippen molar-refractivity contribution in [3.8, 4) is 17.3 Å². The Bertz CT molecular complexity index is 1610. The van der Waals surface area contributed by atoms with Crippen LogP contribution in [0.3, 0.4) is 0 Å². The topological polar surface area (TPSA) is 143 Å². The molecule has 40 heavy (non-hydrogen) atoms. The number of alkyl halides is 3. The molecular weight excluding hydrogens is 525 g/mol. The van der Waals surface area contributed by atoms with E-state index in [1.807, 2.05) is 6.07 Å². The van der Waals surface area contributed by atoms with Gasteiger partial charge in [-0.15, -0.1) is 0 Å². The highest BCUT2D eigenvalue weighted by Crippen LogP contribution is 2.34. The van der Waals surface area contributed by atoms with Crippen LogP contribution in [0.25, 0.3) is 22.3 Å². The second-order valence-electron chi connectivity index (χ2n) is 9.33. The summed E-state index contributed by atoms with van der Waals surface area (Å²) in [6, 6.07) is 12.4. The third-order valence-electron chi connectivity index (χ3n) is 6.73. The number of aromatic nitrogens is 4. The summed E-state index contributed by atoms with van der Waals surface area (Å²) in [6.07, 6.45) is -1.82. The third kappa shape index (κ3) is 5.28. The summed E-state index contributed by atoms with van der Waals surface area (Å²) in [5, 5.41) is 16.9. The standard InChI is InChI=1S/C27H23F3N8O2/c28-27(29,30)18-7-3-17(4-8-18)26(40)35-19-9-5-16(6-10-19)23-22-24(32)33-15-34-25(22)38(36-23)20-2-1-13-37(14-20)21(39)11-12-31/h3-10,15,20H,1-2,11,13-14H2,(H,35,40)(H2,32,33,34)/t20-/m1/s1. The number of hydrogen-bond acceptors (Lipinski definition) is 7. The van der Waals surface area contributed by atoms with Gasteiger partial charge in [-0.05, 0) is 49.2 Å². The number of rotatable bonds is 5. The van der Waals surface area contributed by atoms with E-state index >= 15 is 0 Å². The van der Waals surface area contributed by atoms with Gasteiger partial charge >= 0.3 is 6.18 Å². The van der Waals surface area contributed by atoms with Crippen LogP contribution in [0.5, 0.6) is 0 Å². The summed E-state index contributed by atoms with van der Waals surface area (Å²) in [5.74, 6) is -0.548. The Morgan fingerprint density at radius 1 is 1.10 bits per heavy atom. The molecule has 0 saturated carbocycles. The smallest absolute Gasteiger partial charge is 0.383 e. The number of carbonyl (C=O) groups is 2. The molecule has 0 spiro atoms. The van der Waals surface area contributed by atoms with Gasteiger partial charge in [0.05, 0.1) is 23.1 Å². The molecule has 1 aliphatic rings. The molecule has 2 aromatic carbocycles. The van der Waals surface area contributed by atoms with Gasteiger partial charge in [-0.2, -0.15) is 23.5 Å². The minimum Gasteiger partial charge on any atom is -0.383 e. The Morgan fingerprint density at radius 3 is 2.50 bits per heavy atom. The molecule has 1 atom stereocenters. The van der Waals surface area contributed by atoms with Gasteiger partial charge in [0.15, 0.2) is 5.65 Å². The minimum atomic E-state index is -4.48. The molecule has 1 aliphatic heterocycles. The van der Waals surface area contributed by atoms with Crippen LogP contribution in [0.15, 0.2) is 54.9 Å². The number of fused-ring (bicyclic) bond motifs is 1. The number of halogens is 3. The molecule has 10 nitrogen and oxygen atoms in total. The summed E-state index contributed by atoms with van der Waals surface area (Å²) >= 11 is 0. The van der Waals surface area contributed by atoms with Crippen molar-refractivity contribution in [3.63, 3.8) is 0 Å². The number of benzene rings is 2. The fraction of sp³-hybridized carbons (Fsp3) is 0.259.